The Morgan fingerprint density at radius 2 is 2.03 bits per heavy atom. The molecular weight excluding hydrogens is 456 g/mol. The van der Waals surface area contributed by atoms with Gasteiger partial charge in [0.15, 0.2) is 11.4 Å². The summed E-state index contributed by atoms with van der Waals surface area (Å²) in [5, 5.41) is 8.91. The van der Waals surface area contributed by atoms with E-state index in [0.717, 1.165) is 48.5 Å². The summed E-state index contributed by atoms with van der Waals surface area (Å²) >= 11 is 0. The molecule has 1 amide bonds. The minimum Gasteiger partial charge on any atom is -0.493 e. The predicted octanol–water partition coefficient (Wildman–Crippen LogP) is 3.05. The van der Waals surface area contributed by atoms with Crippen molar-refractivity contribution in [1.82, 2.24) is 34.8 Å². The molecule has 5 rings (SSSR count). The van der Waals surface area contributed by atoms with Gasteiger partial charge in [0, 0.05) is 50.4 Å². The molecule has 10 heteroatoms. The minimum atomic E-state index is 0.106. The lowest BCUT2D eigenvalue weighted by Gasteiger charge is -2.33. The number of carbonyl (C=O) groups is 1. The normalized spacial score (nSPS) is 14.8. The highest BCUT2D eigenvalue weighted by Crippen LogP contribution is 2.38. The molecule has 0 aromatic carbocycles. The third-order valence-corrected chi connectivity index (χ3v) is 7.00. The van der Waals surface area contributed by atoms with E-state index in [1.54, 1.807) is 30.6 Å². The quantitative estimate of drug-likeness (QED) is 0.410. The molecular formula is C26H34N8O2. The second-order valence-electron chi connectivity index (χ2n) is 9.91. The van der Waals surface area contributed by atoms with Gasteiger partial charge in [-0.25, -0.2) is 14.5 Å². The fourth-order valence-electron chi connectivity index (χ4n) is 4.99. The summed E-state index contributed by atoms with van der Waals surface area (Å²) in [6.07, 6.45) is 7.41. The van der Waals surface area contributed by atoms with Crippen molar-refractivity contribution in [2.45, 2.75) is 38.6 Å². The summed E-state index contributed by atoms with van der Waals surface area (Å²) in [6, 6.07) is 4.56. The number of nitrogens with one attached hydrogen (secondary N) is 2. The summed E-state index contributed by atoms with van der Waals surface area (Å²) in [5.41, 5.74) is 4.98. The smallest absolute Gasteiger partial charge is 0.236 e. The van der Waals surface area contributed by atoms with Crippen LogP contribution in [0.25, 0.3) is 27.8 Å². The van der Waals surface area contributed by atoms with Gasteiger partial charge in [0.05, 0.1) is 31.1 Å². The SMILES string of the molecule is COc1cc(-c2[nH]c3cnc(N4CCC(NCC(=O)N(C)C)CC4)cc3c2C(C)C)cn2ncnc12. The second-order valence-corrected chi connectivity index (χ2v) is 9.91. The lowest BCUT2D eigenvalue weighted by molar-refractivity contribution is -0.127. The fraction of sp³-hybridized carbons (Fsp3) is 0.462. The maximum absolute atomic E-state index is 11.9. The number of amides is 1. The molecule has 5 heterocycles. The molecule has 36 heavy (non-hydrogen) atoms. The van der Waals surface area contributed by atoms with Crippen molar-refractivity contribution in [3.63, 3.8) is 0 Å². The number of piperidine rings is 1. The fourth-order valence-corrected chi connectivity index (χ4v) is 4.99. The zero-order chi connectivity index (χ0) is 25.4. The van der Waals surface area contributed by atoms with Crippen LogP contribution in [0.3, 0.4) is 0 Å². The summed E-state index contributed by atoms with van der Waals surface area (Å²) < 4.78 is 7.34. The van der Waals surface area contributed by atoms with E-state index in [4.69, 9.17) is 9.72 Å². The van der Waals surface area contributed by atoms with E-state index < -0.39 is 0 Å². The Labute approximate surface area is 210 Å². The summed E-state index contributed by atoms with van der Waals surface area (Å²) in [5.74, 6) is 2.07. The van der Waals surface area contributed by atoms with Crippen LogP contribution in [-0.2, 0) is 4.79 Å². The zero-order valence-corrected chi connectivity index (χ0v) is 21.6. The number of carbonyl (C=O) groups excluding carboxylic acids is 1. The number of ether oxygens (including phenoxy) is 1. The number of aromatic amines is 1. The molecule has 0 bridgehead atoms. The van der Waals surface area contributed by atoms with Gasteiger partial charge in [0.2, 0.25) is 5.91 Å². The van der Waals surface area contributed by atoms with E-state index in [-0.39, 0.29) is 5.91 Å². The van der Waals surface area contributed by atoms with E-state index in [0.29, 0.717) is 29.9 Å². The summed E-state index contributed by atoms with van der Waals surface area (Å²) in [7, 11) is 5.22. The van der Waals surface area contributed by atoms with Crippen molar-refractivity contribution < 1.29 is 9.53 Å². The van der Waals surface area contributed by atoms with Gasteiger partial charge >= 0.3 is 0 Å². The highest BCUT2D eigenvalue weighted by Gasteiger charge is 2.23. The molecule has 190 valence electrons. The number of H-pyrrole nitrogens is 1. The third-order valence-electron chi connectivity index (χ3n) is 7.00. The molecule has 0 radical (unpaired) electrons. The molecule has 4 aromatic rings. The minimum absolute atomic E-state index is 0.106. The highest BCUT2D eigenvalue weighted by molar-refractivity contribution is 5.92. The van der Waals surface area contributed by atoms with Crippen LogP contribution in [0, 0.1) is 0 Å². The summed E-state index contributed by atoms with van der Waals surface area (Å²) in [4.78, 5) is 28.6. The van der Waals surface area contributed by atoms with E-state index in [1.807, 2.05) is 18.5 Å². The van der Waals surface area contributed by atoms with Crippen molar-refractivity contribution in [3.05, 3.63) is 36.4 Å². The molecule has 0 saturated carbocycles. The molecule has 1 saturated heterocycles. The first-order valence-corrected chi connectivity index (χ1v) is 12.4. The average molecular weight is 491 g/mol. The zero-order valence-electron chi connectivity index (χ0n) is 21.6. The Kier molecular flexibility index (Phi) is 6.53. The van der Waals surface area contributed by atoms with Crippen molar-refractivity contribution in [3.8, 4) is 17.0 Å². The standard InChI is InChI=1S/C26H34N8O2/c1-16(2)24-19-11-22(33-8-6-18(7-9-33)27-13-23(35)32(3)4)28-12-20(19)31-25(24)17-10-21(36-5)26-29-15-30-34(26)14-17/h10-12,14-16,18,27,31H,6-9,13H2,1-5H3. The van der Waals surface area contributed by atoms with Crippen molar-refractivity contribution in [1.29, 1.82) is 0 Å². The lowest BCUT2D eigenvalue weighted by Crippen LogP contribution is -2.45. The first-order valence-electron chi connectivity index (χ1n) is 12.4. The Morgan fingerprint density at radius 1 is 1.25 bits per heavy atom. The van der Waals surface area contributed by atoms with Crippen molar-refractivity contribution in [2.75, 3.05) is 45.7 Å². The predicted molar refractivity (Wildman–Crippen MR) is 141 cm³/mol. The van der Waals surface area contributed by atoms with Crippen LogP contribution in [-0.4, -0.2) is 82.3 Å². The Balaban J connectivity index is 1.42. The molecule has 0 atom stereocenters. The Hall–Kier alpha value is -3.66. The van der Waals surface area contributed by atoms with Gasteiger partial charge in [-0.1, -0.05) is 13.8 Å². The first-order chi connectivity index (χ1) is 17.4. The maximum Gasteiger partial charge on any atom is 0.236 e. The number of hydrogen-bond donors (Lipinski definition) is 2. The van der Waals surface area contributed by atoms with Gasteiger partial charge in [-0.05, 0) is 36.5 Å². The molecule has 2 N–H and O–H groups in total. The van der Waals surface area contributed by atoms with Crippen LogP contribution < -0.4 is 15.0 Å². The number of fused-ring (bicyclic) bond motifs is 2. The van der Waals surface area contributed by atoms with Gasteiger partial charge in [-0.2, -0.15) is 5.10 Å². The number of aromatic nitrogens is 5. The Morgan fingerprint density at radius 3 is 2.72 bits per heavy atom. The van der Waals surface area contributed by atoms with Gasteiger partial charge in [0.1, 0.15) is 12.1 Å². The topological polar surface area (TPSA) is 104 Å². The van der Waals surface area contributed by atoms with Crippen LogP contribution >= 0.6 is 0 Å². The number of anilines is 1. The molecule has 4 aromatic heterocycles. The average Bonchev–Trinajstić information content (AvgIpc) is 3.51. The van der Waals surface area contributed by atoms with E-state index in [9.17, 15) is 4.79 Å². The van der Waals surface area contributed by atoms with E-state index >= 15 is 0 Å². The van der Waals surface area contributed by atoms with Gasteiger partial charge in [0.25, 0.3) is 0 Å². The largest absolute Gasteiger partial charge is 0.493 e. The molecule has 0 spiro atoms. The van der Waals surface area contributed by atoms with Crippen LogP contribution in [0.1, 0.15) is 38.2 Å². The van der Waals surface area contributed by atoms with E-state index in [1.165, 1.54) is 17.3 Å². The van der Waals surface area contributed by atoms with Crippen LogP contribution in [0.4, 0.5) is 5.82 Å². The first kappa shape index (κ1) is 24.1. The van der Waals surface area contributed by atoms with Gasteiger partial charge in [-0.15, -0.1) is 0 Å². The number of pyridine rings is 2. The Bertz CT molecular complexity index is 1380. The van der Waals surface area contributed by atoms with Crippen molar-refractivity contribution in [2.24, 2.45) is 0 Å². The maximum atomic E-state index is 11.9. The number of rotatable bonds is 7. The van der Waals surface area contributed by atoms with Crippen LogP contribution in [0.15, 0.2) is 30.9 Å². The number of hydrogen-bond acceptors (Lipinski definition) is 7. The molecule has 10 nitrogen and oxygen atoms in total. The molecule has 0 aliphatic carbocycles. The summed E-state index contributed by atoms with van der Waals surface area (Å²) in [6.45, 7) is 6.62. The van der Waals surface area contributed by atoms with Crippen molar-refractivity contribution >= 4 is 28.3 Å². The molecule has 1 fully saturated rings. The van der Waals surface area contributed by atoms with E-state index in [2.05, 4.69) is 45.2 Å². The monoisotopic (exact) mass is 490 g/mol. The van der Waals surface area contributed by atoms with Crippen LogP contribution in [0.2, 0.25) is 0 Å². The van der Waals surface area contributed by atoms with Crippen LogP contribution in [0.5, 0.6) is 5.75 Å². The molecule has 0 unspecified atom stereocenters. The highest BCUT2D eigenvalue weighted by atomic mass is 16.5. The number of likely N-dealkylation sites (N-methyl/N-ethyl adjacent to an activating group) is 1. The lowest BCUT2D eigenvalue weighted by atomic mass is 9.97. The van der Waals surface area contributed by atoms with Gasteiger partial charge in [-0.3, -0.25) is 4.79 Å². The third kappa shape index (κ3) is 4.48. The number of methoxy groups -OCH3 is 1. The number of nitrogens with zero attached hydrogens (tertiary/aromatic N) is 6. The van der Waals surface area contributed by atoms with Gasteiger partial charge < -0.3 is 24.8 Å². The molecule has 1 aliphatic rings. The molecule has 1 aliphatic heterocycles. The second kappa shape index (κ2) is 9.77.